The monoisotopic (exact) mass is 267 g/mol. The molecule has 3 nitrogen and oxygen atoms in total. The Kier molecular flexibility index (Phi) is 5.35. The fraction of sp³-hybridized carbons (Fsp3) is 0.571. The van der Waals surface area contributed by atoms with Crippen molar-refractivity contribution in [3.63, 3.8) is 0 Å². The Morgan fingerprint density at radius 2 is 2.39 bits per heavy atom. The molecule has 1 fully saturated rings. The lowest BCUT2D eigenvalue weighted by atomic mass is 10.1. The second-order valence-electron chi connectivity index (χ2n) is 4.50. The van der Waals surface area contributed by atoms with Crippen LogP contribution in [-0.4, -0.2) is 25.6 Å². The van der Waals surface area contributed by atoms with Gasteiger partial charge in [0.15, 0.2) is 0 Å². The van der Waals surface area contributed by atoms with Crippen LogP contribution in [0.4, 0.5) is 0 Å². The molecule has 0 spiro atoms. The lowest BCUT2D eigenvalue weighted by Crippen LogP contribution is -2.08. The van der Waals surface area contributed by atoms with Crippen molar-refractivity contribution in [2.45, 2.75) is 31.2 Å². The maximum atomic E-state index is 5.66. The lowest BCUT2D eigenvalue weighted by Gasteiger charge is -2.11. The van der Waals surface area contributed by atoms with Gasteiger partial charge in [-0.15, -0.1) is 0 Å². The van der Waals surface area contributed by atoms with E-state index in [0.29, 0.717) is 12.6 Å². The van der Waals surface area contributed by atoms with Crippen molar-refractivity contribution < 1.29 is 9.47 Å². The summed E-state index contributed by atoms with van der Waals surface area (Å²) in [6.07, 6.45) is 2.88. The smallest absolute Gasteiger partial charge is 0.123 e. The highest BCUT2D eigenvalue weighted by molar-refractivity contribution is 7.98. The normalized spacial score (nSPS) is 19.1. The summed E-state index contributed by atoms with van der Waals surface area (Å²) in [6, 6.07) is 6.28. The number of thioether (sulfide) groups is 1. The van der Waals surface area contributed by atoms with E-state index in [0.717, 1.165) is 29.4 Å². The number of ether oxygens (including phenoxy) is 2. The Hall–Kier alpha value is -0.710. The Labute approximate surface area is 113 Å². The summed E-state index contributed by atoms with van der Waals surface area (Å²) in [6.45, 7) is 1.46. The highest BCUT2D eigenvalue weighted by atomic mass is 32.2. The maximum absolute atomic E-state index is 5.66. The Morgan fingerprint density at radius 3 is 3.06 bits per heavy atom. The van der Waals surface area contributed by atoms with Gasteiger partial charge in [-0.1, -0.05) is 12.1 Å². The first kappa shape index (κ1) is 13.7. The van der Waals surface area contributed by atoms with Crippen LogP contribution in [0.5, 0.6) is 5.75 Å². The quantitative estimate of drug-likeness (QED) is 0.860. The molecule has 1 aromatic carbocycles. The summed E-state index contributed by atoms with van der Waals surface area (Å²) >= 11 is 1.92. The van der Waals surface area contributed by atoms with Gasteiger partial charge in [-0.05, 0) is 24.5 Å². The van der Waals surface area contributed by atoms with Crippen molar-refractivity contribution >= 4 is 11.8 Å². The molecule has 1 saturated heterocycles. The average molecular weight is 267 g/mol. The van der Waals surface area contributed by atoms with Crippen molar-refractivity contribution in [1.82, 2.24) is 0 Å². The molecule has 1 aliphatic rings. The first-order chi connectivity index (χ1) is 8.83. The van der Waals surface area contributed by atoms with Crippen LogP contribution in [0.2, 0.25) is 0 Å². The van der Waals surface area contributed by atoms with Crippen LogP contribution in [0, 0.1) is 0 Å². The van der Waals surface area contributed by atoms with Crippen LogP contribution in [-0.2, 0) is 17.0 Å². The SMILES string of the molecule is COc1cc(CSCC2CCCO2)ccc1CN. The maximum Gasteiger partial charge on any atom is 0.123 e. The minimum Gasteiger partial charge on any atom is -0.496 e. The number of hydrogen-bond donors (Lipinski definition) is 1. The van der Waals surface area contributed by atoms with Gasteiger partial charge >= 0.3 is 0 Å². The zero-order valence-corrected chi connectivity index (χ0v) is 11.7. The molecular formula is C14H21NO2S. The van der Waals surface area contributed by atoms with E-state index < -0.39 is 0 Å². The Bertz CT molecular complexity index is 378. The van der Waals surface area contributed by atoms with Gasteiger partial charge in [0, 0.05) is 30.2 Å². The van der Waals surface area contributed by atoms with E-state index in [9.17, 15) is 0 Å². The molecule has 0 saturated carbocycles. The van der Waals surface area contributed by atoms with E-state index in [1.54, 1.807) is 7.11 Å². The van der Waals surface area contributed by atoms with Gasteiger partial charge in [0.05, 0.1) is 13.2 Å². The van der Waals surface area contributed by atoms with Crippen LogP contribution < -0.4 is 10.5 Å². The molecule has 0 aromatic heterocycles. The molecule has 1 aliphatic heterocycles. The molecule has 1 unspecified atom stereocenters. The molecule has 100 valence electrons. The molecule has 0 aliphatic carbocycles. The first-order valence-electron chi connectivity index (χ1n) is 6.38. The standard InChI is InChI=1S/C14H21NO2S/c1-16-14-7-11(4-5-12(14)8-15)9-18-10-13-3-2-6-17-13/h4-5,7,13H,2-3,6,8-10,15H2,1H3. The highest BCUT2D eigenvalue weighted by Crippen LogP contribution is 2.24. The highest BCUT2D eigenvalue weighted by Gasteiger charge is 2.15. The second kappa shape index (κ2) is 7.02. The number of methoxy groups -OCH3 is 1. The van der Waals surface area contributed by atoms with E-state index in [1.807, 2.05) is 11.8 Å². The van der Waals surface area contributed by atoms with Crippen molar-refractivity contribution in [3.8, 4) is 5.75 Å². The number of benzene rings is 1. The summed E-state index contributed by atoms with van der Waals surface area (Å²) in [5.41, 5.74) is 8.00. The minimum absolute atomic E-state index is 0.459. The number of nitrogens with two attached hydrogens (primary N) is 1. The van der Waals surface area contributed by atoms with E-state index in [2.05, 4.69) is 18.2 Å². The zero-order valence-electron chi connectivity index (χ0n) is 10.9. The predicted molar refractivity (Wildman–Crippen MR) is 76.0 cm³/mol. The van der Waals surface area contributed by atoms with Gasteiger partial charge in [0.2, 0.25) is 0 Å². The molecule has 18 heavy (non-hydrogen) atoms. The molecule has 1 heterocycles. The second-order valence-corrected chi connectivity index (χ2v) is 5.53. The lowest BCUT2D eigenvalue weighted by molar-refractivity contribution is 0.129. The van der Waals surface area contributed by atoms with Crippen LogP contribution in [0.15, 0.2) is 18.2 Å². The predicted octanol–water partition coefficient (Wildman–Crippen LogP) is 2.57. The average Bonchev–Trinajstić information content (AvgIpc) is 2.91. The van der Waals surface area contributed by atoms with Crippen molar-refractivity contribution in [2.24, 2.45) is 5.73 Å². The van der Waals surface area contributed by atoms with Gasteiger partial charge in [-0.3, -0.25) is 0 Å². The van der Waals surface area contributed by atoms with Gasteiger partial charge in [0.1, 0.15) is 5.75 Å². The van der Waals surface area contributed by atoms with Crippen LogP contribution >= 0.6 is 11.8 Å². The molecule has 2 rings (SSSR count). The van der Waals surface area contributed by atoms with Gasteiger partial charge < -0.3 is 15.2 Å². The van der Waals surface area contributed by atoms with E-state index in [4.69, 9.17) is 15.2 Å². The van der Waals surface area contributed by atoms with E-state index in [1.165, 1.54) is 18.4 Å². The fourth-order valence-corrected chi connectivity index (χ4v) is 3.19. The summed E-state index contributed by atoms with van der Waals surface area (Å²) in [5, 5.41) is 0. The molecular weight excluding hydrogens is 246 g/mol. The number of rotatable bonds is 6. The molecule has 0 amide bonds. The minimum atomic E-state index is 0.459. The van der Waals surface area contributed by atoms with Crippen molar-refractivity contribution in [2.75, 3.05) is 19.5 Å². The van der Waals surface area contributed by atoms with Crippen molar-refractivity contribution in [3.05, 3.63) is 29.3 Å². The Balaban J connectivity index is 1.84. The third kappa shape index (κ3) is 3.64. The van der Waals surface area contributed by atoms with Crippen LogP contribution in [0.3, 0.4) is 0 Å². The van der Waals surface area contributed by atoms with Gasteiger partial charge in [-0.2, -0.15) is 11.8 Å². The van der Waals surface area contributed by atoms with Gasteiger partial charge in [0.25, 0.3) is 0 Å². The molecule has 0 radical (unpaired) electrons. The first-order valence-corrected chi connectivity index (χ1v) is 7.54. The summed E-state index contributed by atoms with van der Waals surface area (Å²) in [4.78, 5) is 0. The topological polar surface area (TPSA) is 44.5 Å². The largest absolute Gasteiger partial charge is 0.496 e. The van der Waals surface area contributed by atoms with E-state index in [-0.39, 0.29) is 0 Å². The van der Waals surface area contributed by atoms with Crippen LogP contribution in [0.1, 0.15) is 24.0 Å². The molecule has 2 N–H and O–H groups in total. The number of hydrogen-bond acceptors (Lipinski definition) is 4. The summed E-state index contributed by atoms with van der Waals surface area (Å²) < 4.78 is 11.0. The molecule has 1 atom stereocenters. The molecule has 0 bridgehead atoms. The molecule has 1 aromatic rings. The summed E-state index contributed by atoms with van der Waals surface area (Å²) in [7, 11) is 1.69. The van der Waals surface area contributed by atoms with E-state index >= 15 is 0 Å². The van der Waals surface area contributed by atoms with Crippen molar-refractivity contribution in [1.29, 1.82) is 0 Å². The fourth-order valence-electron chi connectivity index (χ4n) is 2.13. The molecule has 4 heteroatoms. The Morgan fingerprint density at radius 1 is 1.50 bits per heavy atom. The zero-order chi connectivity index (χ0) is 12.8. The van der Waals surface area contributed by atoms with Crippen LogP contribution in [0.25, 0.3) is 0 Å². The third-order valence-electron chi connectivity index (χ3n) is 3.17. The third-order valence-corrected chi connectivity index (χ3v) is 4.31. The summed E-state index contributed by atoms with van der Waals surface area (Å²) in [5.74, 6) is 2.98. The van der Waals surface area contributed by atoms with Gasteiger partial charge in [-0.25, -0.2) is 0 Å².